The molecule has 1 aromatic rings. The third-order valence-electron chi connectivity index (χ3n) is 4.17. The normalized spacial score (nSPS) is 16.9. The minimum Gasteiger partial charge on any atom is -0.386 e. The highest BCUT2D eigenvalue weighted by Gasteiger charge is 2.34. The predicted molar refractivity (Wildman–Crippen MR) is 73.3 cm³/mol. The van der Waals surface area contributed by atoms with E-state index in [1.807, 2.05) is 20.2 Å². The summed E-state index contributed by atoms with van der Waals surface area (Å²) in [6.45, 7) is 8.40. The summed E-state index contributed by atoms with van der Waals surface area (Å²) >= 11 is 0. The van der Waals surface area contributed by atoms with E-state index in [-0.39, 0.29) is 5.54 Å². The van der Waals surface area contributed by atoms with E-state index in [0.29, 0.717) is 0 Å². The van der Waals surface area contributed by atoms with Crippen molar-refractivity contribution in [2.45, 2.75) is 45.8 Å². The molecule has 0 amide bonds. The minimum absolute atomic E-state index is 0.221. The molecule has 0 aromatic heterocycles. The molecular weight excluding hydrogens is 210 g/mol. The fraction of sp³-hybridized carbons (Fsp3) is 0.600. The lowest BCUT2D eigenvalue weighted by Crippen LogP contribution is -2.46. The highest BCUT2D eigenvalue weighted by molar-refractivity contribution is 5.32. The summed E-state index contributed by atoms with van der Waals surface area (Å²) in [7, 11) is 4.04. The molecule has 2 atom stereocenters. The molecule has 96 valence electrons. The zero-order valence-corrected chi connectivity index (χ0v) is 11.9. The van der Waals surface area contributed by atoms with Crippen LogP contribution in [0.15, 0.2) is 18.2 Å². The van der Waals surface area contributed by atoms with Crippen LogP contribution >= 0.6 is 0 Å². The van der Waals surface area contributed by atoms with Crippen LogP contribution in [0.5, 0.6) is 0 Å². The summed E-state index contributed by atoms with van der Waals surface area (Å²) < 4.78 is 0. The second-order valence-electron chi connectivity index (χ2n) is 5.35. The Labute approximate surface area is 105 Å². The zero-order valence-electron chi connectivity index (χ0n) is 11.9. The highest BCUT2D eigenvalue weighted by atomic mass is 16.3. The Morgan fingerprint density at radius 3 is 2.24 bits per heavy atom. The summed E-state index contributed by atoms with van der Waals surface area (Å²) in [4.78, 5) is 2.10. The number of hydrogen-bond acceptors (Lipinski definition) is 2. The van der Waals surface area contributed by atoms with Crippen LogP contribution in [0.3, 0.4) is 0 Å². The van der Waals surface area contributed by atoms with E-state index in [9.17, 15) is 5.11 Å². The number of aliphatic hydroxyl groups is 1. The Hall–Kier alpha value is -0.860. The number of rotatable bonds is 4. The molecule has 0 radical (unpaired) electrons. The van der Waals surface area contributed by atoms with E-state index in [2.05, 4.69) is 44.7 Å². The molecule has 0 saturated carbocycles. The summed E-state index contributed by atoms with van der Waals surface area (Å²) in [6.07, 6.45) is 0.454. The van der Waals surface area contributed by atoms with Crippen molar-refractivity contribution in [3.05, 3.63) is 34.9 Å². The second kappa shape index (κ2) is 5.19. The van der Waals surface area contributed by atoms with Gasteiger partial charge in [-0.05, 0) is 58.0 Å². The molecule has 1 aromatic carbocycles. The van der Waals surface area contributed by atoms with E-state index in [0.717, 1.165) is 12.0 Å². The first-order valence-corrected chi connectivity index (χ1v) is 6.25. The largest absolute Gasteiger partial charge is 0.386 e. The maximum absolute atomic E-state index is 10.6. The first kappa shape index (κ1) is 14.2. The Morgan fingerprint density at radius 1 is 1.24 bits per heavy atom. The smallest absolute Gasteiger partial charge is 0.0970 e. The minimum atomic E-state index is -0.457. The maximum Gasteiger partial charge on any atom is 0.0970 e. The van der Waals surface area contributed by atoms with Crippen molar-refractivity contribution in [1.82, 2.24) is 4.90 Å². The monoisotopic (exact) mass is 235 g/mol. The van der Waals surface area contributed by atoms with E-state index < -0.39 is 6.10 Å². The zero-order chi connectivity index (χ0) is 13.2. The molecule has 17 heavy (non-hydrogen) atoms. The van der Waals surface area contributed by atoms with Gasteiger partial charge in [0.1, 0.15) is 0 Å². The molecule has 1 rings (SSSR count). The lowest BCUT2D eigenvalue weighted by atomic mass is 9.85. The van der Waals surface area contributed by atoms with Gasteiger partial charge in [-0.3, -0.25) is 0 Å². The van der Waals surface area contributed by atoms with Crippen LogP contribution in [-0.4, -0.2) is 29.6 Å². The SMILES string of the molecule is CCC(C)(C(O)c1ccc(C)c(C)c1)N(C)C. The van der Waals surface area contributed by atoms with Crippen molar-refractivity contribution in [2.24, 2.45) is 0 Å². The number of aryl methyl sites for hydroxylation is 2. The highest BCUT2D eigenvalue weighted by Crippen LogP contribution is 2.33. The Morgan fingerprint density at radius 2 is 1.82 bits per heavy atom. The van der Waals surface area contributed by atoms with Crippen LogP contribution in [0.25, 0.3) is 0 Å². The molecule has 2 nitrogen and oxygen atoms in total. The van der Waals surface area contributed by atoms with Gasteiger partial charge in [0.2, 0.25) is 0 Å². The number of hydrogen-bond donors (Lipinski definition) is 1. The first-order valence-electron chi connectivity index (χ1n) is 6.25. The first-order chi connectivity index (χ1) is 7.82. The average molecular weight is 235 g/mol. The van der Waals surface area contributed by atoms with Crippen molar-refractivity contribution in [1.29, 1.82) is 0 Å². The predicted octanol–water partition coefficient (Wildman–Crippen LogP) is 3.07. The molecule has 2 heteroatoms. The van der Waals surface area contributed by atoms with Gasteiger partial charge in [0.25, 0.3) is 0 Å². The van der Waals surface area contributed by atoms with Gasteiger partial charge in [-0.25, -0.2) is 0 Å². The van der Waals surface area contributed by atoms with Gasteiger partial charge < -0.3 is 10.0 Å². The molecule has 0 aliphatic heterocycles. The summed E-state index contributed by atoms with van der Waals surface area (Å²) in [5.41, 5.74) is 3.29. The van der Waals surface area contributed by atoms with Crippen molar-refractivity contribution < 1.29 is 5.11 Å². The van der Waals surface area contributed by atoms with Crippen LogP contribution in [0.2, 0.25) is 0 Å². The lowest BCUT2D eigenvalue weighted by Gasteiger charge is -2.40. The van der Waals surface area contributed by atoms with Crippen molar-refractivity contribution in [3.63, 3.8) is 0 Å². The van der Waals surface area contributed by atoms with E-state index in [1.54, 1.807) is 0 Å². The lowest BCUT2D eigenvalue weighted by molar-refractivity contribution is 0.000833. The maximum atomic E-state index is 10.6. The molecule has 2 unspecified atom stereocenters. The van der Waals surface area contributed by atoms with Crippen molar-refractivity contribution in [3.8, 4) is 0 Å². The summed E-state index contributed by atoms with van der Waals surface area (Å²) in [5.74, 6) is 0. The van der Waals surface area contributed by atoms with Gasteiger partial charge in [0.15, 0.2) is 0 Å². The van der Waals surface area contributed by atoms with Crippen LogP contribution in [0.1, 0.15) is 43.1 Å². The van der Waals surface area contributed by atoms with E-state index >= 15 is 0 Å². The van der Waals surface area contributed by atoms with Crippen molar-refractivity contribution >= 4 is 0 Å². The summed E-state index contributed by atoms with van der Waals surface area (Å²) in [5, 5.41) is 10.6. The summed E-state index contributed by atoms with van der Waals surface area (Å²) in [6, 6.07) is 6.21. The molecule has 0 saturated heterocycles. The molecule has 0 heterocycles. The van der Waals surface area contributed by atoms with Crippen LogP contribution in [-0.2, 0) is 0 Å². The van der Waals surface area contributed by atoms with Crippen LogP contribution in [0.4, 0.5) is 0 Å². The van der Waals surface area contributed by atoms with Crippen molar-refractivity contribution in [2.75, 3.05) is 14.1 Å². The van der Waals surface area contributed by atoms with Gasteiger partial charge in [-0.1, -0.05) is 25.1 Å². The van der Waals surface area contributed by atoms with Gasteiger partial charge in [-0.2, -0.15) is 0 Å². The molecule has 0 fully saturated rings. The third kappa shape index (κ3) is 2.70. The van der Waals surface area contributed by atoms with E-state index in [1.165, 1.54) is 11.1 Å². The van der Waals surface area contributed by atoms with Crippen LogP contribution in [0, 0.1) is 13.8 Å². The second-order valence-corrected chi connectivity index (χ2v) is 5.35. The number of nitrogens with zero attached hydrogens (tertiary/aromatic N) is 1. The number of benzene rings is 1. The average Bonchev–Trinajstić information content (AvgIpc) is 2.30. The van der Waals surface area contributed by atoms with Gasteiger partial charge >= 0.3 is 0 Å². The standard InChI is InChI=1S/C15H25NO/c1-7-15(4,16(5)6)14(17)13-9-8-11(2)12(3)10-13/h8-10,14,17H,7H2,1-6H3. The Balaban J connectivity index is 3.10. The number of likely N-dealkylation sites (N-methyl/N-ethyl adjacent to an activating group) is 1. The van der Waals surface area contributed by atoms with Gasteiger partial charge in [0, 0.05) is 5.54 Å². The molecular formula is C15H25NO. The van der Waals surface area contributed by atoms with E-state index in [4.69, 9.17) is 0 Å². The molecule has 0 spiro atoms. The fourth-order valence-corrected chi connectivity index (χ4v) is 2.05. The van der Waals surface area contributed by atoms with Gasteiger partial charge in [0.05, 0.1) is 6.10 Å². The Kier molecular flexibility index (Phi) is 4.34. The fourth-order valence-electron chi connectivity index (χ4n) is 2.05. The quantitative estimate of drug-likeness (QED) is 0.867. The third-order valence-corrected chi connectivity index (χ3v) is 4.17. The molecule has 0 aliphatic rings. The van der Waals surface area contributed by atoms with Crippen LogP contribution < -0.4 is 0 Å². The Bertz CT molecular complexity index is 387. The molecule has 0 aliphatic carbocycles. The molecule has 1 N–H and O–H groups in total. The van der Waals surface area contributed by atoms with Gasteiger partial charge in [-0.15, -0.1) is 0 Å². The number of aliphatic hydroxyl groups excluding tert-OH is 1. The molecule has 0 bridgehead atoms. The topological polar surface area (TPSA) is 23.5 Å².